The molecule has 148 heavy (non-hydrogen) atoms. The molecular formula is C94H140N14O32S8. The predicted molar refractivity (Wildman–Crippen MR) is 555 cm³/mol. The van der Waals surface area contributed by atoms with Crippen LogP contribution in [0.2, 0.25) is 0 Å². The standard InChI is InChI=1S/C94H140N14O32S8/c1-125-79-29-21-71(63-87(79)133-9)141(109,110)95-37-53-105(54-38-96-142(111,112)72-22-30-80(126-2)88(64-72)134-10)49-17-45-103(46-18-50-106(55-39-97-143(113,114)73-23-31-81(127-3)89(65-73)135-11)56-40-98-144(115,116)74-24-32-82(128-4)90(66-74)136-12)61-62-104(47-19-51-107(57-41-99-145(117,118)75-25-33-83(129-5)91(67-75)137-13)58-42-100-146(119,120)76-26-34-84(130-6)92(68-76)138-14)48-20-52-108(59-43-101-147(121,122)77-27-35-85(131-7)93(69-77)139-15)60-44-102-148(123,124)78-28-36-86(132-8)94(70-78)140-16/h21-36,63-70,95-102H,17-20,37-62H2,1-16H3. The Morgan fingerprint density at radius 3 is 0.351 bits per heavy atom. The molecule has 0 saturated carbocycles. The van der Waals surface area contributed by atoms with Gasteiger partial charge in [0.05, 0.1) is 153 Å². The van der Waals surface area contributed by atoms with Gasteiger partial charge in [-0.3, -0.25) is 0 Å². The second kappa shape index (κ2) is 59.4. The third kappa shape index (κ3) is 36.7. The van der Waals surface area contributed by atoms with Gasteiger partial charge in [-0.25, -0.2) is 105 Å². The van der Waals surface area contributed by atoms with Crippen molar-refractivity contribution in [2.75, 3.05) is 284 Å². The molecule has 0 aromatic heterocycles. The lowest BCUT2D eigenvalue weighted by Gasteiger charge is -2.31. The summed E-state index contributed by atoms with van der Waals surface area (Å²) in [4.78, 5) is 10.8. The molecular weight excluding hydrogens is 2090 g/mol. The zero-order chi connectivity index (χ0) is 108. The summed E-state index contributed by atoms with van der Waals surface area (Å²) in [5, 5.41) is 0. The van der Waals surface area contributed by atoms with Gasteiger partial charge in [-0.2, -0.15) is 0 Å². The molecule has 0 heterocycles. The van der Waals surface area contributed by atoms with Crippen molar-refractivity contribution in [3.63, 3.8) is 0 Å². The summed E-state index contributed by atoms with van der Waals surface area (Å²) in [7, 11) is -11.7. The first-order chi connectivity index (χ1) is 70.6. The molecule has 0 aliphatic carbocycles. The van der Waals surface area contributed by atoms with E-state index in [1.54, 1.807) is 0 Å². The molecule has 0 saturated heterocycles. The van der Waals surface area contributed by atoms with Gasteiger partial charge in [-0.05, 0) is 175 Å². The summed E-state index contributed by atoms with van der Waals surface area (Å²) < 4.78 is 334. The van der Waals surface area contributed by atoms with Crippen molar-refractivity contribution in [2.45, 2.75) is 64.8 Å². The number of nitrogens with zero attached hydrogens (tertiary/aromatic N) is 6. The molecule has 54 heteroatoms. The number of hydrogen-bond acceptors (Lipinski definition) is 38. The second-order valence-corrected chi connectivity index (χ2v) is 46.9. The van der Waals surface area contributed by atoms with E-state index in [-0.39, 0.29) is 275 Å². The minimum atomic E-state index is -4.23. The normalized spacial score (nSPS) is 12.4. The Morgan fingerprint density at radius 1 is 0.149 bits per heavy atom. The van der Waals surface area contributed by atoms with Gasteiger partial charge in [0, 0.05) is 166 Å². The highest BCUT2D eigenvalue weighted by molar-refractivity contribution is 7.91. The third-order valence-corrected chi connectivity index (χ3v) is 35.3. The van der Waals surface area contributed by atoms with E-state index in [2.05, 4.69) is 47.6 Å². The van der Waals surface area contributed by atoms with Crippen LogP contribution in [-0.2, 0) is 80.2 Å². The molecule has 0 aliphatic heterocycles. The first-order valence-corrected chi connectivity index (χ1v) is 58.5. The fraction of sp³-hybridized carbons (Fsp3) is 0.489. The van der Waals surface area contributed by atoms with E-state index < -0.39 is 80.2 Å². The predicted octanol–water partition coefficient (Wildman–Crippen LogP) is 4.32. The summed E-state index contributed by atoms with van der Waals surface area (Å²) >= 11 is 0. The van der Waals surface area contributed by atoms with Crippen LogP contribution in [0, 0.1) is 0 Å². The van der Waals surface area contributed by atoms with Gasteiger partial charge in [-0.15, -0.1) is 0 Å². The number of methoxy groups -OCH3 is 16. The van der Waals surface area contributed by atoms with E-state index in [4.69, 9.17) is 75.8 Å². The molecule has 0 atom stereocenters. The fourth-order valence-electron chi connectivity index (χ4n) is 15.6. The van der Waals surface area contributed by atoms with Gasteiger partial charge in [0.1, 0.15) is 0 Å². The van der Waals surface area contributed by atoms with Crippen LogP contribution >= 0.6 is 0 Å². The van der Waals surface area contributed by atoms with Crippen LogP contribution in [0.4, 0.5) is 0 Å². The van der Waals surface area contributed by atoms with Crippen LogP contribution in [0.3, 0.4) is 0 Å². The summed E-state index contributed by atoms with van der Waals surface area (Å²) in [6.45, 7) is 1.53. The molecule has 8 aromatic carbocycles. The average Bonchev–Trinajstić information content (AvgIpc) is 0.842. The molecule has 8 N–H and O–H groups in total. The topological polar surface area (TPSA) is 536 Å². The van der Waals surface area contributed by atoms with Gasteiger partial charge in [-0.1, -0.05) is 0 Å². The van der Waals surface area contributed by atoms with E-state index >= 15 is 0 Å². The number of hydrogen-bond donors (Lipinski definition) is 8. The molecule has 8 rings (SSSR count). The van der Waals surface area contributed by atoms with Crippen LogP contribution in [0.25, 0.3) is 0 Å². The van der Waals surface area contributed by atoms with Gasteiger partial charge >= 0.3 is 0 Å². The van der Waals surface area contributed by atoms with Crippen LogP contribution in [0.1, 0.15) is 25.7 Å². The average molecular weight is 2230 g/mol. The fourth-order valence-corrected chi connectivity index (χ4v) is 23.9. The monoisotopic (exact) mass is 2230 g/mol. The Morgan fingerprint density at radius 2 is 0.250 bits per heavy atom. The van der Waals surface area contributed by atoms with Crippen molar-refractivity contribution < 1.29 is 143 Å². The van der Waals surface area contributed by atoms with Crippen molar-refractivity contribution in [3.05, 3.63) is 146 Å². The van der Waals surface area contributed by atoms with Gasteiger partial charge in [0.15, 0.2) is 92.0 Å². The van der Waals surface area contributed by atoms with Crippen LogP contribution in [0.15, 0.2) is 185 Å². The highest BCUT2D eigenvalue weighted by Gasteiger charge is 2.29. The van der Waals surface area contributed by atoms with Crippen LogP contribution < -0.4 is 114 Å². The Balaban J connectivity index is 1.18. The third-order valence-electron chi connectivity index (χ3n) is 23.6. The zero-order valence-electron chi connectivity index (χ0n) is 86.1. The maximum Gasteiger partial charge on any atom is 0.240 e. The minimum absolute atomic E-state index is 0.0357. The number of ether oxygens (including phenoxy) is 16. The highest BCUT2D eigenvalue weighted by Crippen LogP contribution is 2.37. The highest BCUT2D eigenvalue weighted by atomic mass is 32.2. The summed E-state index contributed by atoms with van der Waals surface area (Å²) in [6, 6.07) is 32.9. The molecule has 0 spiro atoms. The van der Waals surface area contributed by atoms with E-state index in [9.17, 15) is 67.3 Å². The largest absolute Gasteiger partial charge is 0.493 e. The number of benzene rings is 8. The summed E-state index contributed by atoms with van der Waals surface area (Å²) in [5.41, 5.74) is 0. The number of rotatable bonds is 75. The maximum absolute atomic E-state index is 14.1. The quantitative estimate of drug-likeness (QED) is 0.0263. The lowest BCUT2D eigenvalue weighted by molar-refractivity contribution is 0.168. The SMILES string of the molecule is COc1ccc(S(=O)(=O)NCCN(CCCN(CCCN(CCNS(=O)(=O)c2ccc(OC)c(OC)c2)CCNS(=O)(=O)c2ccc(OC)c(OC)c2)CCN(CCCN(CCNS(=O)(=O)c2ccc(OC)c(OC)c2)CCNS(=O)(=O)c2ccc(OC)c(OC)c2)CCCN(CCNS(=O)(=O)c2ccc(OC)c(OC)c2)CCNS(=O)(=O)c2ccc(OC)c(OC)c2)CCNS(=O)(=O)c2ccc(OC)c(OC)c2)cc1OC. The Hall–Kier alpha value is -10.4. The Labute approximate surface area is 870 Å². The zero-order valence-corrected chi connectivity index (χ0v) is 92.6. The van der Waals surface area contributed by atoms with Gasteiger partial charge in [0.25, 0.3) is 0 Å². The molecule has 0 amide bonds. The van der Waals surface area contributed by atoms with E-state index in [1.165, 1.54) is 259 Å². The summed E-state index contributed by atoms with van der Waals surface area (Å²) in [6.07, 6.45) is 1.35. The van der Waals surface area contributed by atoms with Gasteiger partial charge in [0.2, 0.25) is 80.2 Å². The van der Waals surface area contributed by atoms with Crippen molar-refractivity contribution >= 4 is 80.2 Å². The molecule has 0 aliphatic rings. The van der Waals surface area contributed by atoms with E-state index in [1.807, 2.05) is 19.6 Å². The first kappa shape index (κ1) is 123. The summed E-state index contributed by atoms with van der Waals surface area (Å²) in [5.74, 6) is 3.49. The Kier molecular flexibility index (Phi) is 49.3. The van der Waals surface area contributed by atoms with E-state index in [0.717, 1.165) is 0 Å². The minimum Gasteiger partial charge on any atom is -0.493 e. The molecule has 46 nitrogen and oxygen atoms in total. The van der Waals surface area contributed by atoms with Crippen molar-refractivity contribution in [2.24, 2.45) is 0 Å². The molecule has 0 fully saturated rings. The molecule has 826 valence electrons. The van der Waals surface area contributed by atoms with Gasteiger partial charge < -0.3 is 105 Å². The smallest absolute Gasteiger partial charge is 0.240 e. The van der Waals surface area contributed by atoms with Crippen molar-refractivity contribution in [1.82, 2.24) is 67.2 Å². The number of sulfonamides is 8. The Bertz CT molecular complexity index is 5430. The lowest BCUT2D eigenvalue weighted by atomic mass is 10.2. The molecule has 0 radical (unpaired) electrons. The molecule has 0 unspecified atom stereocenters. The first-order valence-electron chi connectivity index (χ1n) is 46.7. The maximum atomic E-state index is 14.1. The van der Waals surface area contributed by atoms with Crippen LogP contribution in [0.5, 0.6) is 92.0 Å². The molecule has 8 aromatic rings. The lowest BCUT2D eigenvalue weighted by Crippen LogP contribution is -2.43. The second-order valence-electron chi connectivity index (χ2n) is 32.8. The number of nitrogens with one attached hydrogen (secondary N) is 8. The van der Waals surface area contributed by atoms with Crippen molar-refractivity contribution in [1.29, 1.82) is 0 Å². The van der Waals surface area contributed by atoms with E-state index in [0.29, 0.717) is 51.9 Å². The van der Waals surface area contributed by atoms with Crippen molar-refractivity contribution in [3.8, 4) is 92.0 Å². The van der Waals surface area contributed by atoms with Crippen LogP contribution in [-0.4, -0.2) is 381 Å². The molecule has 0 bridgehead atoms.